The van der Waals surface area contributed by atoms with Gasteiger partial charge in [0.25, 0.3) is 0 Å². The molecule has 0 spiro atoms. The molecule has 144 valence electrons. The first-order valence-electron chi connectivity index (χ1n) is 9.25. The van der Waals surface area contributed by atoms with Gasteiger partial charge in [0.2, 0.25) is 5.91 Å². The Morgan fingerprint density at radius 1 is 1.22 bits per heavy atom. The van der Waals surface area contributed by atoms with Gasteiger partial charge in [-0.3, -0.25) is 9.69 Å². The van der Waals surface area contributed by atoms with E-state index < -0.39 is 0 Å². The van der Waals surface area contributed by atoms with Crippen LogP contribution >= 0.6 is 23.2 Å². The van der Waals surface area contributed by atoms with Crippen molar-refractivity contribution in [3.8, 4) is 5.75 Å². The summed E-state index contributed by atoms with van der Waals surface area (Å²) in [6, 6.07) is 13.0. The first-order chi connectivity index (χ1) is 13.0. The summed E-state index contributed by atoms with van der Waals surface area (Å²) in [7, 11) is 0. The quantitative estimate of drug-likeness (QED) is 0.712. The van der Waals surface area contributed by atoms with Crippen LogP contribution in [0.3, 0.4) is 0 Å². The van der Waals surface area contributed by atoms with Gasteiger partial charge in [-0.2, -0.15) is 0 Å². The number of nitrogens with one attached hydrogen (secondary N) is 1. The number of nitrogens with zero attached hydrogens (tertiary/aromatic N) is 1. The molecule has 3 rings (SSSR count). The van der Waals surface area contributed by atoms with E-state index in [1.165, 1.54) is 0 Å². The van der Waals surface area contributed by atoms with Gasteiger partial charge in [-0.15, -0.1) is 0 Å². The lowest BCUT2D eigenvalue weighted by molar-refractivity contribution is -0.121. The number of halogens is 2. The van der Waals surface area contributed by atoms with Crippen molar-refractivity contribution in [3.63, 3.8) is 0 Å². The number of carbonyl (C=O) groups is 1. The van der Waals surface area contributed by atoms with E-state index in [1.54, 1.807) is 6.07 Å². The molecule has 2 aromatic rings. The molecule has 4 nitrogen and oxygen atoms in total. The monoisotopic (exact) mass is 406 g/mol. The fourth-order valence-corrected chi connectivity index (χ4v) is 3.82. The first kappa shape index (κ1) is 20.0. The lowest BCUT2D eigenvalue weighted by Crippen LogP contribution is -2.40. The van der Waals surface area contributed by atoms with Gasteiger partial charge in [-0.1, -0.05) is 29.3 Å². The molecule has 0 aromatic heterocycles. The molecule has 1 heterocycles. The molecule has 1 aliphatic heterocycles. The molecular formula is C21H24Cl2N2O2. The van der Waals surface area contributed by atoms with E-state index in [2.05, 4.69) is 10.2 Å². The lowest BCUT2D eigenvalue weighted by atomic mass is 9.96. The van der Waals surface area contributed by atoms with Gasteiger partial charge in [0.15, 0.2) is 0 Å². The van der Waals surface area contributed by atoms with Crippen LogP contribution < -0.4 is 10.1 Å². The summed E-state index contributed by atoms with van der Waals surface area (Å²) >= 11 is 12.3. The van der Waals surface area contributed by atoms with Crippen molar-refractivity contribution in [2.45, 2.75) is 26.3 Å². The fraction of sp³-hybridized carbons (Fsp3) is 0.381. The summed E-state index contributed by atoms with van der Waals surface area (Å²) in [5.41, 5.74) is 1.83. The van der Waals surface area contributed by atoms with Crippen molar-refractivity contribution in [2.75, 3.05) is 25.0 Å². The Balaban J connectivity index is 1.57. The maximum absolute atomic E-state index is 12.7. The Labute approximate surface area is 170 Å². The van der Waals surface area contributed by atoms with E-state index in [-0.39, 0.29) is 11.8 Å². The summed E-state index contributed by atoms with van der Waals surface area (Å²) in [6.07, 6.45) is 1.89. The van der Waals surface area contributed by atoms with E-state index in [9.17, 15) is 4.79 Å². The van der Waals surface area contributed by atoms with E-state index in [0.717, 1.165) is 49.5 Å². The Bertz CT molecular complexity index is 780. The molecule has 1 N–H and O–H groups in total. The molecule has 1 amide bonds. The number of ether oxygens (including phenoxy) is 1. The van der Waals surface area contributed by atoms with Crippen LogP contribution in [0, 0.1) is 5.92 Å². The molecule has 27 heavy (non-hydrogen) atoms. The molecule has 0 radical (unpaired) electrons. The maximum atomic E-state index is 12.7. The van der Waals surface area contributed by atoms with Crippen LogP contribution in [-0.4, -0.2) is 30.5 Å². The predicted molar refractivity (Wildman–Crippen MR) is 111 cm³/mol. The zero-order chi connectivity index (χ0) is 19.2. The SMILES string of the molecule is CCOc1ccc(NC(=O)[C@H]2CCCN(Cc3ccc(Cl)cc3Cl)C2)cc1. The third kappa shape index (κ3) is 5.61. The molecule has 1 saturated heterocycles. The molecule has 1 fully saturated rings. The Hall–Kier alpha value is -1.75. The minimum Gasteiger partial charge on any atom is -0.494 e. The molecule has 1 atom stereocenters. The highest BCUT2D eigenvalue weighted by Gasteiger charge is 2.26. The van der Waals surface area contributed by atoms with Crippen LogP contribution in [0.4, 0.5) is 5.69 Å². The van der Waals surface area contributed by atoms with Crippen molar-refractivity contribution in [1.29, 1.82) is 0 Å². The van der Waals surface area contributed by atoms with Crippen molar-refractivity contribution in [1.82, 2.24) is 4.90 Å². The normalized spacial score (nSPS) is 17.5. The largest absolute Gasteiger partial charge is 0.494 e. The minimum absolute atomic E-state index is 0.0311. The number of hydrogen-bond donors (Lipinski definition) is 1. The lowest BCUT2D eigenvalue weighted by Gasteiger charge is -2.32. The summed E-state index contributed by atoms with van der Waals surface area (Å²) in [6.45, 7) is 4.99. The summed E-state index contributed by atoms with van der Waals surface area (Å²) in [5.74, 6) is 0.835. The van der Waals surface area contributed by atoms with Gasteiger partial charge in [-0.25, -0.2) is 0 Å². The number of anilines is 1. The highest BCUT2D eigenvalue weighted by atomic mass is 35.5. The average Bonchev–Trinajstić information content (AvgIpc) is 2.66. The second-order valence-corrected chi connectivity index (χ2v) is 7.60. The number of rotatable bonds is 6. The van der Waals surface area contributed by atoms with Gasteiger partial charge >= 0.3 is 0 Å². The number of amides is 1. The highest BCUT2D eigenvalue weighted by molar-refractivity contribution is 6.35. The van der Waals surface area contributed by atoms with Gasteiger partial charge in [0.1, 0.15) is 5.75 Å². The van der Waals surface area contributed by atoms with Crippen LogP contribution in [0.25, 0.3) is 0 Å². The second-order valence-electron chi connectivity index (χ2n) is 6.76. The topological polar surface area (TPSA) is 41.6 Å². The molecule has 0 bridgehead atoms. The molecule has 6 heteroatoms. The molecule has 0 saturated carbocycles. The van der Waals surface area contributed by atoms with E-state index in [0.29, 0.717) is 16.7 Å². The summed E-state index contributed by atoms with van der Waals surface area (Å²) < 4.78 is 5.43. The molecule has 0 unspecified atom stereocenters. The summed E-state index contributed by atoms with van der Waals surface area (Å²) in [4.78, 5) is 15.0. The molecule has 0 aliphatic carbocycles. The number of likely N-dealkylation sites (tertiary alicyclic amines) is 1. The van der Waals surface area contributed by atoms with E-state index in [1.807, 2.05) is 43.3 Å². The Morgan fingerprint density at radius 3 is 2.70 bits per heavy atom. The van der Waals surface area contributed by atoms with Crippen molar-refractivity contribution >= 4 is 34.8 Å². The number of carbonyl (C=O) groups excluding carboxylic acids is 1. The third-order valence-electron chi connectivity index (χ3n) is 4.72. The average molecular weight is 407 g/mol. The standard InChI is InChI=1S/C21H24Cl2N2O2/c1-2-27-19-9-7-18(8-10-19)24-21(26)16-4-3-11-25(14-16)13-15-5-6-17(22)12-20(15)23/h5-10,12,16H,2-4,11,13-14H2,1H3,(H,24,26)/t16-/m0/s1. The predicted octanol–water partition coefficient (Wildman–Crippen LogP) is 5.24. The van der Waals surface area contributed by atoms with Crippen LogP contribution in [0.15, 0.2) is 42.5 Å². The zero-order valence-electron chi connectivity index (χ0n) is 15.4. The van der Waals surface area contributed by atoms with Gasteiger partial charge in [-0.05, 0) is 68.3 Å². The number of hydrogen-bond acceptors (Lipinski definition) is 3. The third-order valence-corrected chi connectivity index (χ3v) is 5.31. The smallest absolute Gasteiger partial charge is 0.228 e. The Kier molecular flexibility index (Phi) is 7.00. The number of benzene rings is 2. The van der Waals surface area contributed by atoms with Gasteiger partial charge in [0.05, 0.1) is 12.5 Å². The van der Waals surface area contributed by atoms with Crippen molar-refractivity contribution in [2.24, 2.45) is 5.92 Å². The zero-order valence-corrected chi connectivity index (χ0v) is 16.9. The molecule has 1 aliphatic rings. The fourth-order valence-electron chi connectivity index (χ4n) is 3.35. The van der Waals surface area contributed by atoms with Crippen LogP contribution in [0.2, 0.25) is 10.0 Å². The number of piperidine rings is 1. The maximum Gasteiger partial charge on any atom is 0.228 e. The van der Waals surface area contributed by atoms with Crippen molar-refractivity contribution in [3.05, 3.63) is 58.1 Å². The highest BCUT2D eigenvalue weighted by Crippen LogP contribution is 2.25. The van der Waals surface area contributed by atoms with Crippen molar-refractivity contribution < 1.29 is 9.53 Å². The first-order valence-corrected chi connectivity index (χ1v) is 10.0. The van der Waals surface area contributed by atoms with Gasteiger partial charge < -0.3 is 10.1 Å². The summed E-state index contributed by atoms with van der Waals surface area (Å²) in [5, 5.41) is 4.32. The van der Waals surface area contributed by atoms with E-state index >= 15 is 0 Å². The molecule has 2 aromatic carbocycles. The molecular weight excluding hydrogens is 383 g/mol. The van der Waals surface area contributed by atoms with Crippen LogP contribution in [-0.2, 0) is 11.3 Å². The Morgan fingerprint density at radius 2 is 2.00 bits per heavy atom. The second kappa shape index (κ2) is 9.45. The minimum atomic E-state index is -0.0311. The van der Waals surface area contributed by atoms with Gasteiger partial charge in [0, 0.05) is 28.8 Å². The van der Waals surface area contributed by atoms with Crippen LogP contribution in [0.1, 0.15) is 25.3 Å². The van der Waals surface area contributed by atoms with E-state index in [4.69, 9.17) is 27.9 Å². The van der Waals surface area contributed by atoms with Crippen LogP contribution in [0.5, 0.6) is 5.75 Å².